The van der Waals surface area contributed by atoms with E-state index in [0.717, 1.165) is 29.7 Å². The number of nitrogens with zero attached hydrogens (tertiary/aromatic N) is 2. The largest absolute Gasteiger partial charge is 0.426 e. The van der Waals surface area contributed by atoms with Gasteiger partial charge < -0.3 is 19.0 Å². The smallest absolute Gasteiger partial charge is 0.290 e. The van der Waals surface area contributed by atoms with Crippen LogP contribution in [0.3, 0.4) is 0 Å². The monoisotopic (exact) mass is 405 g/mol. The van der Waals surface area contributed by atoms with E-state index >= 15 is 0 Å². The number of para-hydroxylation sites is 2. The van der Waals surface area contributed by atoms with Crippen molar-refractivity contribution in [3.05, 3.63) is 78.1 Å². The number of likely N-dealkylation sites (tertiary alicyclic amines) is 1. The lowest BCUT2D eigenvalue weighted by molar-refractivity contribution is 0.0667. The van der Waals surface area contributed by atoms with Crippen LogP contribution in [0.15, 0.2) is 65.1 Å². The van der Waals surface area contributed by atoms with Gasteiger partial charge in [-0.15, -0.1) is 0 Å². The highest BCUT2D eigenvalue weighted by Gasteiger charge is 2.29. The Hall–Kier alpha value is -3.61. The van der Waals surface area contributed by atoms with E-state index in [2.05, 4.69) is 4.98 Å². The fourth-order valence-corrected chi connectivity index (χ4v) is 3.84. The van der Waals surface area contributed by atoms with Crippen molar-refractivity contribution in [1.29, 1.82) is 0 Å². The Bertz CT molecular complexity index is 1170. The standard InChI is InChI=1S/C23H20FN3O3/c24-16-6-3-7-17(13-16)29-21-11-10-20(30-21)23(28)27-12-4-5-15(14-27)22-25-18-8-1-2-9-19(18)26-22/h1-3,6-11,13,15H,4-5,12,14H2,(H,25,26). The number of H-pyrrole nitrogens is 1. The number of hydrogen-bond donors (Lipinski definition) is 1. The molecule has 1 unspecified atom stereocenters. The Morgan fingerprint density at radius 1 is 1.17 bits per heavy atom. The molecule has 152 valence electrons. The van der Waals surface area contributed by atoms with Gasteiger partial charge in [0.25, 0.3) is 11.9 Å². The molecule has 1 aliphatic rings. The number of ether oxygens (including phenoxy) is 1. The summed E-state index contributed by atoms with van der Waals surface area (Å²) in [5.74, 6) is 1.12. The molecular weight excluding hydrogens is 385 g/mol. The number of carbonyl (C=O) groups excluding carboxylic acids is 1. The quantitative estimate of drug-likeness (QED) is 0.512. The molecule has 3 heterocycles. The SMILES string of the molecule is O=C(c1ccc(Oc2cccc(F)c2)o1)N1CCCC(c2nc3ccccc3[nH]2)C1. The summed E-state index contributed by atoms with van der Waals surface area (Å²) in [7, 11) is 0. The lowest BCUT2D eigenvalue weighted by atomic mass is 9.97. The summed E-state index contributed by atoms with van der Waals surface area (Å²) < 4.78 is 24.4. The fraction of sp³-hybridized carbons (Fsp3) is 0.217. The van der Waals surface area contributed by atoms with Gasteiger partial charge in [0.05, 0.1) is 11.0 Å². The number of piperidine rings is 1. The van der Waals surface area contributed by atoms with Crippen LogP contribution in [-0.4, -0.2) is 33.9 Å². The second-order valence-electron chi connectivity index (χ2n) is 7.41. The molecule has 7 heteroatoms. The molecule has 30 heavy (non-hydrogen) atoms. The molecule has 0 aliphatic carbocycles. The van der Waals surface area contributed by atoms with Crippen molar-refractivity contribution < 1.29 is 18.3 Å². The van der Waals surface area contributed by atoms with Gasteiger partial charge in [0.15, 0.2) is 5.76 Å². The third-order valence-electron chi connectivity index (χ3n) is 5.31. The highest BCUT2D eigenvalue weighted by molar-refractivity contribution is 5.91. The molecule has 2 aromatic heterocycles. The number of amides is 1. The minimum atomic E-state index is -0.402. The average Bonchev–Trinajstić information content (AvgIpc) is 3.40. The maximum absolute atomic E-state index is 13.3. The summed E-state index contributed by atoms with van der Waals surface area (Å²) in [6, 6.07) is 16.8. The van der Waals surface area contributed by atoms with Crippen molar-refractivity contribution in [3.8, 4) is 11.7 Å². The summed E-state index contributed by atoms with van der Waals surface area (Å²) in [5, 5.41) is 0. The fourth-order valence-electron chi connectivity index (χ4n) is 3.84. The topological polar surface area (TPSA) is 71.4 Å². The second kappa shape index (κ2) is 7.67. The van der Waals surface area contributed by atoms with Gasteiger partial charge in [0.1, 0.15) is 17.4 Å². The molecular formula is C23H20FN3O3. The van der Waals surface area contributed by atoms with Crippen molar-refractivity contribution in [2.24, 2.45) is 0 Å². The molecule has 1 N–H and O–H groups in total. The van der Waals surface area contributed by atoms with Crippen LogP contribution >= 0.6 is 0 Å². The Morgan fingerprint density at radius 3 is 2.93 bits per heavy atom. The van der Waals surface area contributed by atoms with Gasteiger partial charge in [-0.1, -0.05) is 18.2 Å². The first kappa shape index (κ1) is 18.4. The van der Waals surface area contributed by atoms with Crippen LogP contribution in [0.5, 0.6) is 11.7 Å². The molecule has 2 aromatic carbocycles. The number of rotatable bonds is 4. The predicted molar refractivity (Wildman–Crippen MR) is 109 cm³/mol. The molecule has 4 aromatic rings. The Balaban J connectivity index is 1.29. The van der Waals surface area contributed by atoms with E-state index in [4.69, 9.17) is 14.1 Å². The van der Waals surface area contributed by atoms with Crippen LogP contribution in [-0.2, 0) is 0 Å². The molecule has 6 nitrogen and oxygen atoms in total. The van der Waals surface area contributed by atoms with Gasteiger partial charge in [-0.05, 0) is 43.2 Å². The van der Waals surface area contributed by atoms with Gasteiger partial charge in [-0.3, -0.25) is 4.79 Å². The minimum absolute atomic E-state index is 0.146. The summed E-state index contributed by atoms with van der Waals surface area (Å²) in [6.07, 6.45) is 1.86. The van der Waals surface area contributed by atoms with Crippen LogP contribution < -0.4 is 4.74 Å². The summed E-state index contributed by atoms with van der Waals surface area (Å²) in [6.45, 7) is 1.23. The number of halogens is 1. The van der Waals surface area contributed by atoms with Crippen molar-refractivity contribution in [2.75, 3.05) is 13.1 Å². The first-order valence-electron chi connectivity index (χ1n) is 9.93. The van der Waals surface area contributed by atoms with Crippen molar-refractivity contribution in [1.82, 2.24) is 14.9 Å². The van der Waals surface area contributed by atoms with Gasteiger partial charge in [0, 0.05) is 31.1 Å². The van der Waals surface area contributed by atoms with Crippen LogP contribution in [0, 0.1) is 5.82 Å². The third kappa shape index (κ3) is 3.66. The predicted octanol–water partition coefficient (Wildman–Crippen LogP) is 5.11. The molecule has 1 atom stereocenters. The van der Waals surface area contributed by atoms with E-state index in [1.54, 1.807) is 29.2 Å². The molecule has 0 radical (unpaired) electrons. The zero-order chi connectivity index (χ0) is 20.5. The van der Waals surface area contributed by atoms with Gasteiger partial charge in [-0.25, -0.2) is 9.37 Å². The lowest BCUT2D eigenvalue weighted by Gasteiger charge is -2.31. The van der Waals surface area contributed by atoms with Crippen molar-refractivity contribution >= 4 is 16.9 Å². The number of furan rings is 1. The number of hydrogen-bond acceptors (Lipinski definition) is 4. The Kier molecular flexibility index (Phi) is 4.71. The van der Waals surface area contributed by atoms with Crippen molar-refractivity contribution in [3.63, 3.8) is 0 Å². The molecule has 1 aliphatic heterocycles. The maximum Gasteiger partial charge on any atom is 0.290 e. The second-order valence-corrected chi connectivity index (χ2v) is 7.41. The van der Waals surface area contributed by atoms with Crippen LogP contribution in [0.4, 0.5) is 4.39 Å². The van der Waals surface area contributed by atoms with Crippen molar-refractivity contribution in [2.45, 2.75) is 18.8 Å². The number of nitrogens with one attached hydrogen (secondary N) is 1. The summed E-state index contributed by atoms with van der Waals surface area (Å²) in [5.41, 5.74) is 1.93. The van der Waals surface area contributed by atoms with E-state index in [1.165, 1.54) is 12.1 Å². The number of benzene rings is 2. The van der Waals surface area contributed by atoms with E-state index in [0.29, 0.717) is 18.8 Å². The van der Waals surface area contributed by atoms with E-state index in [-0.39, 0.29) is 23.5 Å². The molecule has 5 rings (SSSR count). The number of imidazole rings is 1. The zero-order valence-electron chi connectivity index (χ0n) is 16.2. The molecule has 0 bridgehead atoms. The third-order valence-corrected chi connectivity index (χ3v) is 5.31. The first-order valence-corrected chi connectivity index (χ1v) is 9.93. The van der Waals surface area contributed by atoms with Gasteiger partial charge >= 0.3 is 0 Å². The Morgan fingerprint density at radius 2 is 2.07 bits per heavy atom. The van der Waals surface area contributed by atoms with Gasteiger partial charge in [-0.2, -0.15) is 0 Å². The number of aromatic amines is 1. The highest BCUT2D eigenvalue weighted by Crippen LogP contribution is 2.29. The van der Waals surface area contributed by atoms with Gasteiger partial charge in [0.2, 0.25) is 0 Å². The van der Waals surface area contributed by atoms with E-state index in [9.17, 15) is 9.18 Å². The normalized spacial score (nSPS) is 16.7. The first-order chi connectivity index (χ1) is 14.7. The number of aromatic nitrogens is 2. The molecule has 0 saturated carbocycles. The number of fused-ring (bicyclic) bond motifs is 1. The molecule has 1 amide bonds. The highest BCUT2D eigenvalue weighted by atomic mass is 19.1. The van der Waals surface area contributed by atoms with E-state index in [1.807, 2.05) is 24.3 Å². The number of carbonyl (C=O) groups is 1. The summed E-state index contributed by atoms with van der Waals surface area (Å²) in [4.78, 5) is 22.8. The minimum Gasteiger partial charge on any atom is -0.426 e. The Labute approximate surface area is 172 Å². The maximum atomic E-state index is 13.3. The summed E-state index contributed by atoms with van der Waals surface area (Å²) >= 11 is 0. The van der Waals surface area contributed by atoms with Crippen LogP contribution in [0.1, 0.15) is 35.1 Å². The molecule has 0 spiro atoms. The molecule has 1 fully saturated rings. The van der Waals surface area contributed by atoms with E-state index < -0.39 is 5.82 Å². The average molecular weight is 405 g/mol. The van der Waals surface area contributed by atoms with Crippen LogP contribution in [0.25, 0.3) is 11.0 Å². The zero-order valence-corrected chi connectivity index (χ0v) is 16.2. The lowest BCUT2D eigenvalue weighted by Crippen LogP contribution is -2.39. The molecule has 1 saturated heterocycles. The van der Waals surface area contributed by atoms with Crippen LogP contribution in [0.2, 0.25) is 0 Å².